The van der Waals surface area contributed by atoms with Crippen molar-refractivity contribution in [3.8, 4) is 0 Å². The molecule has 0 amide bonds. The Morgan fingerprint density at radius 2 is 2.47 bits per heavy atom. The molecule has 3 rings (SSSR count). The maximum absolute atomic E-state index is 10.7. The highest BCUT2D eigenvalue weighted by Gasteiger charge is 2.46. The number of hydrogen-bond acceptors (Lipinski definition) is 3. The molecule has 0 aromatic carbocycles. The number of carboxylic acids is 1. The quantitative estimate of drug-likeness (QED) is 0.767. The number of fused-ring (bicyclic) bond motifs is 1. The van der Waals surface area contributed by atoms with Crippen LogP contribution in [0.1, 0.15) is 18.2 Å². The lowest BCUT2D eigenvalue weighted by Gasteiger charge is -1.89. The summed E-state index contributed by atoms with van der Waals surface area (Å²) in [5.74, 6) is -0.183. The average molecular weight is 203 g/mol. The number of nitrogens with one attached hydrogen (secondary N) is 1. The number of aromatic nitrogens is 3. The molecule has 2 aromatic heterocycles. The van der Waals surface area contributed by atoms with Crippen LogP contribution in [0.15, 0.2) is 18.5 Å². The molecule has 1 aliphatic rings. The van der Waals surface area contributed by atoms with Gasteiger partial charge in [0.25, 0.3) is 0 Å². The van der Waals surface area contributed by atoms with E-state index in [9.17, 15) is 4.79 Å². The van der Waals surface area contributed by atoms with Crippen molar-refractivity contribution in [2.75, 3.05) is 0 Å². The third-order valence-electron chi connectivity index (χ3n) is 2.76. The van der Waals surface area contributed by atoms with E-state index < -0.39 is 5.97 Å². The summed E-state index contributed by atoms with van der Waals surface area (Å²) in [7, 11) is 0. The molecule has 2 unspecified atom stereocenters. The molecule has 2 atom stereocenters. The molecule has 1 fully saturated rings. The fourth-order valence-corrected chi connectivity index (χ4v) is 1.82. The van der Waals surface area contributed by atoms with E-state index in [-0.39, 0.29) is 11.8 Å². The first kappa shape index (κ1) is 8.40. The summed E-state index contributed by atoms with van der Waals surface area (Å²) >= 11 is 0. The highest BCUT2D eigenvalue weighted by Crippen LogP contribution is 2.46. The second-order valence-corrected chi connectivity index (χ2v) is 3.80. The molecule has 1 saturated carbocycles. The van der Waals surface area contributed by atoms with Gasteiger partial charge in [0.2, 0.25) is 0 Å². The Labute approximate surface area is 85.2 Å². The van der Waals surface area contributed by atoms with Gasteiger partial charge in [-0.25, -0.2) is 4.98 Å². The van der Waals surface area contributed by atoms with Gasteiger partial charge in [0.05, 0.1) is 17.6 Å². The molecule has 5 nitrogen and oxygen atoms in total. The Morgan fingerprint density at radius 3 is 3.13 bits per heavy atom. The van der Waals surface area contributed by atoms with Gasteiger partial charge in [-0.3, -0.25) is 9.78 Å². The standard InChI is InChI=1S/C10H9N3O2/c14-10(15)6-3-5(6)9-12-7-1-2-11-4-8(7)13-9/h1-2,4-6H,3H2,(H,12,13)(H,14,15). The summed E-state index contributed by atoms with van der Waals surface area (Å²) in [6.45, 7) is 0. The summed E-state index contributed by atoms with van der Waals surface area (Å²) in [6, 6.07) is 1.84. The van der Waals surface area contributed by atoms with E-state index in [0.29, 0.717) is 6.42 Å². The van der Waals surface area contributed by atoms with Gasteiger partial charge in [-0.15, -0.1) is 0 Å². The van der Waals surface area contributed by atoms with E-state index in [4.69, 9.17) is 5.11 Å². The van der Waals surface area contributed by atoms with Crippen LogP contribution < -0.4 is 0 Å². The first-order valence-corrected chi connectivity index (χ1v) is 4.78. The Hall–Kier alpha value is -1.91. The van der Waals surface area contributed by atoms with Gasteiger partial charge in [-0.1, -0.05) is 0 Å². The topological polar surface area (TPSA) is 78.9 Å². The monoisotopic (exact) mass is 203 g/mol. The second-order valence-electron chi connectivity index (χ2n) is 3.80. The van der Waals surface area contributed by atoms with Gasteiger partial charge in [0.1, 0.15) is 11.3 Å². The van der Waals surface area contributed by atoms with Crippen LogP contribution in [0.3, 0.4) is 0 Å². The fourth-order valence-electron chi connectivity index (χ4n) is 1.82. The van der Waals surface area contributed by atoms with Crippen molar-refractivity contribution in [2.24, 2.45) is 5.92 Å². The van der Waals surface area contributed by atoms with Gasteiger partial charge in [0, 0.05) is 12.1 Å². The van der Waals surface area contributed by atoms with Crippen molar-refractivity contribution in [3.05, 3.63) is 24.3 Å². The molecule has 0 aliphatic heterocycles. The van der Waals surface area contributed by atoms with Crippen LogP contribution in [0.25, 0.3) is 11.0 Å². The maximum Gasteiger partial charge on any atom is 0.307 e. The Kier molecular flexibility index (Phi) is 1.56. The maximum atomic E-state index is 10.7. The van der Waals surface area contributed by atoms with Gasteiger partial charge >= 0.3 is 5.97 Å². The van der Waals surface area contributed by atoms with E-state index in [2.05, 4.69) is 15.0 Å². The molecule has 5 heteroatoms. The fraction of sp³-hybridized carbons (Fsp3) is 0.300. The van der Waals surface area contributed by atoms with Gasteiger partial charge in [-0.2, -0.15) is 0 Å². The minimum Gasteiger partial charge on any atom is -0.481 e. The van der Waals surface area contributed by atoms with Crippen LogP contribution in [0.2, 0.25) is 0 Å². The molecule has 1 aliphatic carbocycles. The summed E-state index contributed by atoms with van der Waals surface area (Å²) in [5.41, 5.74) is 1.71. The largest absolute Gasteiger partial charge is 0.481 e. The van der Waals surface area contributed by atoms with Crippen LogP contribution in [-0.2, 0) is 4.79 Å². The van der Waals surface area contributed by atoms with E-state index in [0.717, 1.165) is 16.9 Å². The molecular formula is C10H9N3O2. The zero-order valence-corrected chi connectivity index (χ0v) is 7.84. The summed E-state index contributed by atoms with van der Waals surface area (Å²) < 4.78 is 0. The minimum absolute atomic E-state index is 0.0508. The lowest BCUT2D eigenvalue weighted by atomic mass is 10.3. The number of pyridine rings is 1. The molecule has 2 aromatic rings. The van der Waals surface area contributed by atoms with Crippen LogP contribution in [0.5, 0.6) is 0 Å². The Morgan fingerprint density at radius 1 is 1.60 bits per heavy atom. The van der Waals surface area contributed by atoms with Crippen molar-refractivity contribution < 1.29 is 9.90 Å². The molecule has 0 bridgehead atoms. The summed E-state index contributed by atoms with van der Waals surface area (Å²) in [5, 5.41) is 8.81. The number of rotatable bonds is 2. The van der Waals surface area contributed by atoms with Crippen molar-refractivity contribution in [1.29, 1.82) is 0 Å². The number of aliphatic carboxylic acids is 1. The third kappa shape index (κ3) is 1.27. The predicted octanol–water partition coefficient (Wildman–Crippen LogP) is 1.15. The van der Waals surface area contributed by atoms with E-state index in [1.54, 1.807) is 12.4 Å². The molecule has 2 heterocycles. The zero-order chi connectivity index (χ0) is 10.4. The number of carboxylic acid groups (broad SMARTS) is 1. The SMILES string of the molecule is O=C(O)C1CC1c1nc2cnccc2[nH]1. The van der Waals surface area contributed by atoms with Crippen LogP contribution in [0.4, 0.5) is 0 Å². The van der Waals surface area contributed by atoms with Gasteiger partial charge < -0.3 is 10.1 Å². The molecule has 0 radical (unpaired) electrons. The summed E-state index contributed by atoms with van der Waals surface area (Å²) in [6.07, 6.45) is 4.04. The molecule has 76 valence electrons. The van der Waals surface area contributed by atoms with Crippen molar-refractivity contribution in [3.63, 3.8) is 0 Å². The number of carbonyl (C=O) groups is 1. The third-order valence-corrected chi connectivity index (χ3v) is 2.76. The van der Waals surface area contributed by atoms with Crippen LogP contribution in [0, 0.1) is 5.92 Å². The van der Waals surface area contributed by atoms with E-state index >= 15 is 0 Å². The average Bonchev–Trinajstić information content (AvgIpc) is 2.91. The number of imidazole rings is 1. The molecular weight excluding hydrogens is 194 g/mol. The van der Waals surface area contributed by atoms with Gasteiger partial charge in [-0.05, 0) is 12.5 Å². The second kappa shape index (κ2) is 2.79. The number of nitrogens with zero attached hydrogens (tertiary/aromatic N) is 2. The van der Waals surface area contributed by atoms with Crippen molar-refractivity contribution in [1.82, 2.24) is 15.0 Å². The Bertz CT molecular complexity index is 501. The van der Waals surface area contributed by atoms with Crippen molar-refractivity contribution >= 4 is 17.0 Å². The molecule has 15 heavy (non-hydrogen) atoms. The highest BCUT2D eigenvalue weighted by atomic mass is 16.4. The minimum atomic E-state index is -0.737. The number of H-pyrrole nitrogens is 1. The molecule has 0 saturated heterocycles. The smallest absolute Gasteiger partial charge is 0.307 e. The Balaban J connectivity index is 1.97. The first-order valence-electron chi connectivity index (χ1n) is 4.78. The molecule has 0 spiro atoms. The van der Waals surface area contributed by atoms with E-state index in [1.165, 1.54) is 0 Å². The zero-order valence-electron chi connectivity index (χ0n) is 7.84. The number of aromatic amines is 1. The highest BCUT2D eigenvalue weighted by molar-refractivity contribution is 5.77. The number of hydrogen-bond donors (Lipinski definition) is 2. The van der Waals surface area contributed by atoms with E-state index in [1.807, 2.05) is 6.07 Å². The van der Waals surface area contributed by atoms with Crippen LogP contribution in [-0.4, -0.2) is 26.0 Å². The van der Waals surface area contributed by atoms with Crippen LogP contribution >= 0.6 is 0 Å². The summed E-state index contributed by atoms with van der Waals surface area (Å²) in [4.78, 5) is 22.1. The molecule has 2 N–H and O–H groups in total. The van der Waals surface area contributed by atoms with Crippen molar-refractivity contribution in [2.45, 2.75) is 12.3 Å². The first-order chi connectivity index (χ1) is 7.25. The predicted molar refractivity (Wildman–Crippen MR) is 52.4 cm³/mol. The normalized spacial score (nSPS) is 24.3. The van der Waals surface area contributed by atoms with Gasteiger partial charge in [0.15, 0.2) is 0 Å². The lowest BCUT2D eigenvalue weighted by molar-refractivity contribution is -0.138. The lowest BCUT2D eigenvalue weighted by Crippen LogP contribution is -1.99.